The molecule has 8 nitrogen and oxygen atoms in total. The van der Waals surface area contributed by atoms with Crippen molar-refractivity contribution in [3.63, 3.8) is 0 Å². The van der Waals surface area contributed by atoms with Crippen LogP contribution in [-0.4, -0.2) is 52.2 Å². The van der Waals surface area contributed by atoms with E-state index in [0.717, 1.165) is 17.3 Å². The second-order valence-corrected chi connectivity index (χ2v) is 8.51. The number of nitrogens with zero attached hydrogens (tertiary/aromatic N) is 3. The molecule has 2 N–H and O–H groups in total. The quantitative estimate of drug-likeness (QED) is 0.492. The fourth-order valence-electron chi connectivity index (χ4n) is 4.02. The molecule has 0 aliphatic carbocycles. The Morgan fingerprint density at radius 1 is 1.21 bits per heavy atom. The lowest BCUT2D eigenvalue weighted by molar-refractivity contribution is 0.101. The maximum atomic E-state index is 13.0. The van der Waals surface area contributed by atoms with E-state index in [9.17, 15) is 9.59 Å². The number of hydrogen-bond donors (Lipinski definition) is 2. The standard InChI is InChI=1S/C23H25Cl2N5O3/c1-3-30-18-7-6-17(24)21(25)16(18)11-19(30)22(31)28-14-5-8-20(26-12-14)27-15-9-10-29(13-15)23(32)33-4-2/h5-8,11-12,15H,3-4,9-10,13H2,1-2H3,(H,26,27)(H,28,31). The van der Waals surface area contributed by atoms with Crippen LogP contribution in [0.1, 0.15) is 30.8 Å². The summed E-state index contributed by atoms with van der Waals surface area (Å²) in [5, 5.41) is 7.83. The summed E-state index contributed by atoms with van der Waals surface area (Å²) in [6, 6.07) is 9.02. The molecule has 1 saturated heterocycles. The van der Waals surface area contributed by atoms with Crippen LogP contribution >= 0.6 is 23.2 Å². The zero-order valence-corrected chi connectivity index (χ0v) is 19.9. The average Bonchev–Trinajstić information content (AvgIpc) is 3.43. The molecule has 3 heterocycles. The lowest BCUT2D eigenvalue weighted by Gasteiger charge is -2.16. The van der Waals surface area contributed by atoms with E-state index in [-0.39, 0.29) is 18.0 Å². The molecular weight excluding hydrogens is 465 g/mol. The molecular formula is C23H25Cl2N5O3. The highest BCUT2D eigenvalue weighted by molar-refractivity contribution is 6.45. The van der Waals surface area contributed by atoms with Crippen LogP contribution in [0.5, 0.6) is 0 Å². The predicted octanol–water partition coefficient (Wildman–Crippen LogP) is 5.26. The van der Waals surface area contributed by atoms with Gasteiger partial charge >= 0.3 is 6.09 Å². The number of anilines is 2. The second-order valence-electron chi connectivity index (χ2n) is 7.73. The Labute approximate surface area is 201 Å². The van der Waals surface area contributed by atoms with Crippen LogP contribution in [0.25, 0.3) is 10.9 Å². The SMILES string of the molecule is CCOC(=O)N1CCC(Nc2ccc(NC(=O)c3cc4c(Cl)c(Cl)ccc4n3CC)cn2)C1. The van der Waals surface area contributed by atoms with E-state index in [1.807, 2.05) is 17.6 Å². The van der Waals surface area contributed by atoms with Crippen LogP contribution < -0.4 is 10.6 Å². The summed E-state index contributed by atoms with van der Waals surface area (Å²) >= 11 is 12.5. The molecule has 1 aliphatic heterocycles. The molecule has 0 bridgehead atoms. The van der Waals surface area contributed by atoms with Crippen molar-refractivity contribution in [2.45, 2.75) is 32.9 Å². The number of benzene rings is 1. The minimum Gasteiger partial charge on any atom is -0.450 e. The Morgan fingerprint density at radius 2 is 2.03 bits per heavy atom. The Bertz CT molecular complexity index is 1180. The van der Waals surface area contributed by atoms with Gasteiger partial charge in [-0.25, -0.2) is 9.78 Å². The summed E-state index contributed by atoms with van der Waals surface area (Å²) in [5.74, 6) is 0.413. The molecule has 1 unspecified atom stereocenters. The van der Waals surface area contributed by atoms with Gasteiger partial charge in [0.25, 0.3) is 5.91 Å². The molecule has 4 rings (SSSR count). The molecule has 3 aromatic rings. The molecule has 0 spiro atoms. The van der Waals surface area contributed by atoms with Gasteiger partial charge in [-0.3, -0.25) is 4.79 Å². The van der Waals surface area contributed by atoms with Crippen molar-refractivity contribution < 1.29 is 14.3 Å². The summed E-state index contributed by atoms with van der Waals surface area (Å²) in [6.07, 6.45) is 2.12. The monoisotopic (exact) mass is 489 g/mol. The minimum absolute atomic E-state index is 0.0965. The van der Waals surface area contributed by atoms with Crippen LogP contribution in [0.3, 0.4) is 0 Å². The Balaban J connectivity index is 1.42. The van der Waals surface area contributed by atoms with Gasteiger partial charge in [0, 0.05) is 31.1 Å². The summed E-state index contributed by atoms with van der Waals surface area (Å²) in [7, 11) is 0. The van der Waals surface area contributed by atoms with E-state index in [0.29, 0.717) is 53.5 Å². The first kappa shape index (κ1) is 23.2. The number of carbonyl (C=O) groups excluding carboxylic acids is 2. The number of aryl methyl sites for hydroxylation is 1. The first-order valence-electron chi connectivity index (χ1n) is 10.8. The third-order valence-corrected chi connectivity index (χ3v) is 6.43. The predicted molar refractivity (Wildman–Crippen MR) is 130 cm³/mol. The summed E-state index contributed by atoms with van der Waals surface area (Å²) in [5.41, 5.74) is 1.91. The van der Waals surface area contributed by atoms with Gasteiger partial charge in [0.1, 0.15) is 11.5 Å². The van der Waals surface area contributed by atoms with E-state index in [4.69, 9.17) is 27.9 Å². The van der Waals surface area contributed by atoms with Gasteiger partial charge in [0.15, 0.2) is 0 Å². The Hall–Kier alpha value is -2.97. The molecule has 1 aromatic carbocycles. The number of nitrogens with one attached hydrogen (secondary N) is 2. The van der Waals surface area contributed by atoms with Crippen LogP contribution in [0, 0.1) is 0 Å². The highest BCUT2D eigenvalue weighted by Gasteiger charge is 2.27. The molecule has 33 heavy (non-hydrogen) atoms. The van der Waals surface area contributed by atoms with Crippen LogP contribution in [0.15, 0.2) is 36.5 Å². The first-order valence-corrected chi connectivity index (χ1v) is 11.6. The second kappa shape index (κ2) is 9.89. The number of carbonyl (C=O) groups is 2. The molecule has 2 aromatic heterocycles. The highest BCUT2D eigenvalue weighted by Crippen LogP contribution is 2.33. The summed E-state index contributed by atoms with van der Waals surface area (Å²) in [6.45, 7) is 5.93. The molecule has 1 atom stereocenters. The van der Waals surface area contributed by atoms with E-state index in [1.54, 1.807) is 42.3 Å². The van der Waals surface area contributed by atoms with Gasteiger partial charge in [-0.1, -0.05) is 23.2 Å². The zero-order chi connectivity index (χ0) is 23.5. The van der Waals surface area contributed by atoms with Crippen molar-refractivity contribution in [1.29, 1.82) is 0 Å². The topological polar surface area (TPSA) is 88.5 Å². The van der Waals surface area contributed by atoms with Gasteiger partial charge in [-0.15, -0.1) is 0 Å². The lowest BCUT2D eigenvalue weighted by Crippen LogP contribution is -2.32. The Morgan fingerprint density at radius 3 is 2.73 bits per heavy atom. The Kier molecular flexibility index (Phi) is 6.95. The normalized spacial score (nSPS) is 15.6. The molecule has 2 amide bonds. The van der Waals surface area contributed by atoms with Gasteiger partial charge in [-0.05, 0) is 50.6 Å². The van der Waals surface area contributed by atoms with Crippen molar-refractivity contribution in [2.75, 3.05) is 30.3 Å². The molecule has 1 aliphatic rings. The van der Waals surface area contributed by atoms with Crippen LogP contribution in [-0.2, 0) is 11.3 Å². The van der Waals surface area contributed by atoms with E-state index in [1.165, 1.54) is 0 Å². The number of halogens is 2. The fraction of sp³-hybridized carbons (Fsp3) is 0.348. The van der Waals surface area contributed by atoms with Crippen molar-refractivity contribution in [3.8, 4) is 0 Å². The first-order chi connectivity index (χ1) is 15.9. The third kappa shape index (κ3) is 4.86. The van der Waals surface area contributed by atoms with Crippen molar-refractivity contribution >= 4 is 57.6 Å². The summed E-state index contributed by atoms with van der Waals surface area (Å²) in [4.78, 5) is 30.9. The van der Waals surface area contributed by atoms with Gasteiger partial charge in [-0.2, -0.15) is 0 Å². The number of pyridine rings is 1. The number of aromatic nitrogens is 2. The van der Waals surface area contributed by atoms with E-state index >= 15 is 0 Å². The molecule has 0 saturated carbocycles. The van der Waals surface area contributed by atoms with Gasteiger partial charge in [0.05, 0.1) is 34.1 Å². The average molecular weight is 490 g/mol. The minimum atomic E-state index is -0.291. The largest absolute Gasteiger partial charge is 0.450 e. The number of hydrogen-bond acceptors (Lipinski definition) is 5. The van der Waals surface area contributed by atoms with E-state index < -0.39 is 0 Å². The molecule has 174 valence electrons. The number of likely N-dealkylation sites (tertiary alicyclic amines) is 1. The fourth-order valence-corrected chi connectivity index (χ4v) is 4.40. The maximum Gasteiger partial charge on any atom is 0.409 e. The number of amides is 2. The molecule has 1 fully saturated rings. The number of fused-ring (bicyclic) bond motifs is 1. The van der Waals surface area contributed by atoms with Crippen molar-refractivity contribution in [2.24, 2.45) is 0 Å². The lowest BCUT2D eigenvalue weighted by atomic mass is 10.2. The van der Waals surface area contributed by atoms with Gasteiger partial charge < -0.3 is 24.8 Å². The van der Waals surface area contributed by atoms with E-state index in [2.05, 4.69) is 15.6 Å². The molecule has 0 radical (unpaired) electrons. The van der Waals surface area contributed by atoms with Crippen LogP contribution in [0.4, 0.5) is 16.3 Å². The van der Waals surface area contributed by atoms with Gasteiger partial charge in [0.2, 0.25) is 0 Å². The smallest absolute Gasteiger partial charge is 0.409 e. The van der Waals surface area contributed by atoms with Crippen molar-refractivity contribution in [1.82, 2.24) is 14.5 Å². The maximum absolute atomic E-state index is 13.0. The van der Waals surface area contributed by atoms with Crippen molar-refractivity contribution in [3.05, 3.63) is 52.3 Å². The zero-order valence-electron chi connectivity index (χ0n) is 18.4. The summed E-state index contributed by atoms with van der Waals surface area (Å²) < 4.78 is 6.94. The highest BCUT2D eigenvalue weighted by atomic mass is 35.5. The van der Waals surface area contributed by atoms with Crippen LogP contribution in [0.2, 0.25) is 10.0 Å². The third-order valence-electron chi connectivity index (χ3n) is 5.61. The number of ether oxygens (including phenoxy) is 1. The molecule has 10 heteroatoms. The number of rotatable bonds is 6.